The molecule has 4 atom stereocenters. The number of aliphatic hydroxyl groups is 3. The summed E-state index contributed by atoms with van der Waals surface area (Å²) in [6.45, 7) is -1.75. The van der Waals surface area contributed by atoms with Gasteiger partial charge in [-0.2, -0.15) is 0 Å². The summed E-state index contributed by atoms with van der Waals surface area (Å²) in [7, 11) is 0. The Morgan fingerprint density at radius 3 is 1.65 bits per heavy atom. The maximum atomic E-state index is 12.1. The summed E-state index contributed by atoms with van der Waals surface area (Å²) in [6.07, 6.45) is -5.53. The lowest BCUT2D eigenvalue weighted by Gasteiger charge is -2.27. The molecular weight excluding hydrogens is 464 g/mol. The van der Waals surface area contributed by atoms with Gasteiger partial charge < -0.3 is 60.2 Å². The van der Waals surface area contributed by atoms with Crippen LogP contribution in [0.5, 0.6) is 34.5 Å². The summed E-state index contributed by atoms with van der Waals surface area (Å²) < 4.78 is 14.6. The van der Waals surface area contributed by atoms with E-state index in [1.54, 1.807) is 0 Å². The molecule has 0 saturated carbocycles. The Labute approximate surface area is 189 Å². The molecule has 1 fully saturated rings. The zero-order valence-corrected chi connectivity index (χ0v) is 17.0. The molecule has 184 valence electrons. The van der Waals surface area contributed by atoms with Crippen molar-refractivity contribution >= 4 is 11.9 Å². The van der Waals surface area contributed by atoms with Gasteiger partial charge in [0, 0.05) is 0 Å². The molecule has 3 rings (SSSR count). The number of esters is 2. The van der Waals surface area contributed by atoms with Crippen LogP contribution in [0.2, 0.25) is 0 Å². The third kappa shape index (κ3) is 4.55. The van der Waals surface area contributed by atoms with Crippen molar-refractivity contribution in [1.82, 2.24) is 0 Å². The average Bonchev–Trinajstić information content (AvgIpc) is 3.00. The lowest BCUT2D eigenvalue weighted by Crippen LogP contribution is -2.52. The Hall–Kier alpha value is -3.98. The Balaban J connectivity index is 1.63. The summed E-state index contributed by atoms with van der Waals surface area (Å²) in [6, 6.07) is 3.13. The number of carbonyl (C=O) groups is 2. The quantitative estimate of drug-likeness (QED) is 0.172. The molecule has 0 amide bonds. The van der Waals surface area contributed by atoms with Crippen LogP contribution in [0.1, 0.15) is 20.7 Å². The fourth-order valence-electron chi connectivity index (χ4n) is 3.06. The molecule has 1 heterocycles. The summed E-state index contributed by atoms with van der Waals surface area (Å²) in [5.74, 6) is -7.31. The van der Waals surface area contributed by atoms with E-state index >= 15 is 0 Å². The van der Waals surface area contributed by atoms with Gasteiger partial charge in [-0.25, -0.2) is 9.59 Å². The standard InChI is InChI=1S/C20H20O14/c21-9-1-7(2-10(22)14(9)25)17(28)32-5-13-16(27)20(31,19(30)34-13)6-33-18(29)8-3-11(23)15(26)12(24)4-8/h1-4,13,16,19,21-27,30-31H,5-6H2/t13?,16?,19?,20-/m0/s1. The summed E-state index contributed by atoms with van der Waals surface area (Å²) in [4.78, 5) is 24.2. The van der Waals surface area contributed by atoms with E-state index in [4.69, 9.17) is 14.2 Å². The first-order valence-corrected chi connectivity index (χ1v) is 9.43. The minimum Gasteiger partial charge on any atom is -0.504 e. The first-order valence-electron chi connectivity index (χ1n) is 9.43. The van der Waals surface area contributed by atoms with Crippen molar-refractivity contribution in [1.29, 1.82) is 0 Å². The molecule has 1 saturated heterocycles. The first-order chi connectivity index (χ1) is 15.8. The highest BCUT2D eigenvalue weighted by molar-refractivity contribution is 5.91. The second-order valence-corrected chi connectivity index (χ2v) is 7.36. The van der Waals surface area contributed by atoms with Gasteiger partial charge in [0.1, 0.15) is 25.4 Å². The highest BCUT2D eigenvalue weighted by Gasteiger charge is 2.56. The third-order valence-electron chi connectivity index (χ3n) is 5.02. The van der Waals surface area contributed by atoms with Crippen LogP contribution in [-0.4, -0.2) is 95.2 Å². The summed E-state index contributed by atoms with van der Waals surface area (Å²) >= 11 is 0. The fourth-order valence-corrected chi connectivity index (χ4v) is 3.06. The lowest BCUT2D eigenvalue weighted by atomic mass is 9.96. The number of hydrogen-bond donors (Lipinski definition) is 9. The van der Waals surface area contributed by atoms with E-state index in [2.05, 4.69) is 0 Å². The number of hydrogen-bond acceptors (Lipinski definition) is 14. The molecule has 1 aliphatic heterocycles. The van der Waals surface area contributed by atoms with E-state index in [0.29, 0.717) is 0 Å². The molecule has 0 radical (unpaired) electrons. The molecule has 0 aliphatic carbocycles. The largest absolute Gasteiger partial charge is 0.504 e. The highest BCUT2D eigenvalue weighted by atomic mass is 16.7. The van der Waals surface area contributed by atoms with E-state index in [0.717, 1.165) is 24.3 Å². The molecule has 0 aromatic heterocycles. The Bertz CT molecular complexity index is 1070. The molecule has 9 N–H and O–H groups in total. The van der Waals surface area contributed by atoms with Crippen molar-refractivity contribution in [2.45, 2.75) is 24.1 Å². The van der Waals surface area contributed by atoms with Gasteiger partial charge in [-0.05, 0) is 24.3 Å². The SMILES string of the molecule is O=C(OCC1OC(O)[C@](O)(COC(=O)c2cc(O)c(O)c(O)c2)C1O)c1cc(O)c(O)c(O)c1. The van der Waals surface area contributed by atoms with Crippen LogP contribution in [0.25, 0.3) is 0 Å². The Morgan fingerprint density at radius 1 is 0.794 bits per heavy atom. The van der Waals surface area contributed by atoms with Crippen LogP contribution in [-0.2, 0) is 14.2 Å². The van der Waals surface area contributed by atoms with Gasteiger partial charge in [0.25, 0.3) is 0 Å². The van der Waals surface area contributed by atoms with Gasteiger partial charge in [-0.1, -0.05) is 0 Å². The minimum atomic E-state index is -2.57. The molecule has 0 spiro atoms. The number of phenolic OH excluding ortho intramolecular Hbond substituents is 6. The number of rotatable bonds is 6. The molecule has 2 aromatic carbocycles. The average molecular weight is 484 g/mol. The molecule has 0 bridgehead atoms. The van der Waals surface area contributed by atoms with Crippen molar-refractivity contribution in [2.24, 2.45) is 0 Å². The van der Waals surface area contributed by atoms with Crippen molar-refractivity contribution in [3.63, 3.8) is 0 Å². The number of ether oxygens (including phenoxy) is 3. The zero-order valence-electron chi connectivity index (χ0n) is 17.0. The number of carbonyl (C=O) groups excluding carboxylic acids is 2. The van der Waals surface area contributed by atoms with E-state index in [1.165, 1.54) is 0 Å². The maximum Gasteiger partial charge on any atom is 0.338 e. The predicted octanol–water partition coefficient (Wildman–Crippen LogP) is -1.26. The fraction of sp³-hybridized carbons (Fsp3) is 0.300. The lowest BCUT2D eigenvalue weighted by molar-refractivity contribution is -0.191. The highest BCUT2D eigenvalue weighted by Crippen LogP contribution is 2.37. The summed E-state index contributed by atoms with van der Waals surface area (Å²) in [5.41, 5.74) is -3.36. The van der Waals surface area contributed by atoms with E-state index in [1.807, 2.05) is 0 Å². The topological polar surface area (TPSA) is 244 Å². The van der Waals surface area contributed by atoms with Gasteiger partial charge in [-0.15, -0.1) is 0 Å². The van der Waals surface area contributed by atoms with Gasteiger partial charge >= 0.3 is 11.9 Å². The normalized spacial score (nSPS) is 24.0. The second kappa shape index (κ2) is 9.11. The number of aliphatic hydroxyl groups excluding tert-OH is 2. The van der Waals surface area contributed by atoms with E-state index < -0.39 is 89.3 Å². The van der Waals surface area contributed by atoms with Crippen molar-refractivity contribution in [2.75, 3.05) is 13.2 Å². The van der Waals surface area contributed by atoms with Crippen LogP contribution in [0.3, 0.4) is 0 Å². The number of benzene rings is 2. The van der Waals surface area contributed by atoms with Crippen molar-refractivity contribution < 1.29 is 69.8 Å². The van der Waals surface area contributed by atoms with Crippen molar-refractivity contribution in [3.05, 3.63) is 35.4 Å². The molecular formula is C20H20O14. The second-order valence-electron chi connectivity index (χ2n) is 7.36. The van der Waals surface area contributed by atoms with E-state index in [-0.39, 0.29) is 5.56 Å². The molecule has 1 aliphatic rings. The zero-order chi connectivity index (χ0) is 25.4. The monoisotopic (exact) mass is 484 g/mol. The maximum absolute atomic E-state index is 12.1. The van der Waals surface area contributed by atoms with Crippen molar-refractivity contribution in [3.8, 4) is 34.5 Å². The molecule has 14 heteroatoms. The van der Waals surface area contributed by atoms with Gasteiger partial charge in [0.15, 0.2) is 46.4 Å². The Kier molecular flexibility index (Phi) is 6.60. The molecule has 2 aromatic rings. The van der Waals surface area contributed by atoms with Crippen LogP contribution in [0.4, 0.5) is 0 Å². The predicted molar refractivity (Wildman–Crippen MR) is 105 cm³/mol. The van der Waals surface area contributed by atoms with Gasteiger partial charge in [0.05, 0.1) is 11.1 Å². The molecule has 3 unspecified atom stereocenters. The van der Waals surface area contributed by atoms with Gasteiger partial charge in [0.2, 0.25) is 0 Å². The number of aromatic hydroxyl groups is 6. The van der Waals surface area contributed by atoms with E-state index in [9.17, 15) is 55.5 Å². The number of phenols is 6. The molecule has 14 nitrogen and oxygen atoms in total. The smallest absolute Gasteiger partial charge is 0.338 e. The third-order valence-corrected chi connectivity index (χ3v) is 5.02. The van der Waals surface area contributed by atoms with Gasteiger partial charge in [-0.3, -0.25) is 0 Å². The van der Waals surface area contributed by atoms with Crippen LogP contribution in [0, 0.1) is 0 Å². The van der Waals surface area contributed by atoms with Crippen LogP contribution >= 0.6 is 0 Å². The molecule has 34 heavy (non-hydrogen) atoms. The minimum absolute atomic E-state index is 0.370. The Morgan fingerprint density at radius 2 is 1.21 bits per heavy atom. The van der Waals surface area contributed by atoms with Crippen LogP contribution in [0.15, 0.2) is 24.3 Å². The first kappa shape index (κ1) is 24.7. The summed E-state index contributed by atoms with van der Waals surface area (Å²) in [5, 5.41) is 87.4. The van der Waals surface area contributed by atoms with Crippen LogP contribution < -0.4 is 0 Å².